The molecule has 3 nitrogen and oxygen atoms in total. The Morgan fingerprint density at radius 2 is 2.12 bits per heavy atom. The molecule has 2 fully saturated rings. The normalized spacial score (nSPS) is 28.6. The Morgan fingerprint density at radius 3 is 2.75 bits per heavy atom. The molecule has 1 aliphatic carbocycles. The molecule has 0 aromatic heterocycles. The molecule has 92 valence electrons. The predicted molar refractivity (Wildman–Crippen MR) is 65.0 cm³/mol. The first-order chi connectivity index (χ1) is 7.65. The van der Waals surface area contributed by atoms with Gasteiger partial charge in [0.1, 0.15) is 0 Å². The number of hydrogen-bond acceptors (Lipinski definition) is 2. The van der Waals surface area contributed by atoms with Crippen LogP contribution < -0.4 is 5.73 Å². The first-order valence-electron chi connectivity index (χ1n) is 6.74. The first-order valence-corrected chi connectivity index (χ1v) is 6.74. The molecule has 0 bridgehead atoms. The van der Waals surface area contributed by atoms with Crippen molar-refractivity contribution in [1.82, 2.24) is 4.90 Å². The van der Waals surface area contributed by atoms with Crippen molar-refractivity contribution in [3.63, 3.8) is 0 Å². The lowest BCUT2D eigenvalue weighted by molar-refractivity contribution is -0.135. The Kier molecular flexibility index (Phi) is 3.53. The van der Waals surface area contributed by atoms with Crippen molar-refractivity contribution in [2.24, 2.45) is 11.7 Å². The van der Waals surface area contributed by atoms with Gasteiger partial charge in [-0.3, -0.25) is 4.79 Å². The van der Waals surface area contributed by atoms with Gasteiger partial charge in [-0.2, -0.15) is 0 Å². The van der Waals surface area contributed by atoms with Gasteiger partial charge in [0.25, 0.3) is 0 Å². The third-order valence-corrected chi connectivity index (χ3v) is 4.19. The maximum Gasteiger partial charge on any atom is 0.242 e. The molecule has 1 heterocycles. The van der Waals surface area contributed by atoms with Crippen molar-refractivity contribution in [3.8, 4) is 0 Å². The summed E-state index contributed by atoms with van der Waals surface area (Å²) in [5, 5.41) is 0. The van der Waals surface area contributed by atoms with Crippen LogP contribution in [0.2, 0.25) is 0 Å². The minimum Gasteiger partial charge on any atom is -0.341 e. The van der Waals surface area contributed by atoms with Crippen LogP contribution >= 0.6 is 0 Å². The number of carbonyl (C=O) groups excluding carboxylic acids is 1. The van der Waals surface area contributed by atoms with Crippen LogP contribution in [0, 0.1) is 5.92 Å². The molecule has 2 N–H and O–H groups in total. The van der Waals surface area contributed by atoms with Gasteiger partial charge in [0, 0.05) is 13.1 Å². The molecular formula is C13H24N2O. The molecular weight excluding hydrogens is 200 g/mol. The van der Waals surface area contributed by atoms with E-state index in [1.54, 1.807) is 0 Å². The van der Waals surface area contributed by atoms with E-state index in [1.807, 2.05) is 4.90 Å². The van der Waals surface area contributed by atoms with Crippen LogP contribution in [0.5, 0.6) is 0 Å². The standard InChI is InChI=1S/C13H24N2O/c1-2-5-11-6-9-15(10-11)12(16)13(14)7-3-4-8-13/h11H,2-10,14H2,1H3. The van der Waals surface area contributed by atoms with Crippen molar-refractivity contribution in [3.05, 3.63) is 0 Å². The zero-order chi connectivity index (χ0) is 11.6. The maximum absolute atomic E-state index is 12.3. The van der Waals surface area contributed by atoms with E-state index in [2.05, 4.69) is 6.92 Å². The molecule has 3 heteroatoms. The highest BCUT2D eigenvalue weighted by molar-refractivity contribution is 5.86. The number of nitrogens with zero attached hydrogens (tertiary/aromatic N) is 1. The number of nitrogens with two attached hydrogens (primary N) is 1. The van der Waals surface area contributed by atoms with Crippen LogP contribution in [-0.4, -0.2) is 29.4 Å². The van der Waals surface area contributed by atoms with E-state index in [-0.39, 0.29) is 5.91 Å². The molecule has 1 unspecified atom stereocenters. The van der Waals surface area contributed by atoms with Crippen molar-refractivity contribution in [2.75, 3.05) is 13.1 Å². The van der Waals surface area contributed by atoms with Crippen molar-refractivity contribution < 1.29 is 4.79 Å². The second kappa shape index (κ2) is 4.74. The molecule has 2 aliphatic rings. The summed E-state index contributed by atoms with van der Waals surface area (Å²) < 4.78 is 0. The second-order valence-corrected chi connectivity index (χ2v) is 5.56. The smallest absolute Gasteiger partial charge is 0.242 e. The topological polar surface area (TPSA) is 46.3 Å². The summed E-state index contributed by atoms with van der Waals surface area (Å²) >= 11 is 0. The van der Waals surface area contributed by atoms with Crippen LogP contribution in [0.1, 0.15) is 51.9 Å². The number of carbonyl (C=O) groups is 1. The Balaban J connectivity index is 1.91. The Bertz CT molecular complexity index is 259. The van der Waals surface area contributed by atoms with E-state index in [9.17, 15) is 4.79 Å². The maximum atomic E-state index is 12.3. The van der Waals surface area contributed by atoms with Crippen LogP contribution in [0.25, 0.3) is 0 Å². The largest absolute Gasteiger partial charge is 0.341 e. The quantitative estimate of drug-likeness (QED) is 0.796. The summed E-state index contributed by atoms with van der Waals surface area (Å²) in [5.74, 6) is 0.947. The molecule has 0 radical (unpaired) electrons. The van der Waals surface area contributed by atoms with Gasteiger partial charge in [0.05, 0.1) is 5.54 Å². The third kappa shape index (κ3) is 2.24. The zero-order valence-corrected chi connectivity index (χ0v) is 10.4. The molecule has 0 spiro atoms. The van der Waals surface area contributed by atoms with Crippen LogP contribution in [0.4, 0.5) is 0 Å². The number of amides is 1. The zero-order valence-electron chi connectivity index (χ0n) is 10.4. The van der Waals surface area contributed by atoms with Crippen LogP contribution in [0.15, 0.2) is 0 Å². The van der Waals surface area contributed by atoms with Crippen molar-refractivity contribution in [1.29, 1.82) is 0 Å². The van der Waals surface area contributed by atoms with Crippen LogP contribution in [0.3, 0.4) is 0 Å². The molecule has 0 aromatic rings. The lowest BCUT2D eigenvalue weighted by Gasteiger charge is -2.28. The Hall–Kier alpha value is -0.570. The highest BCUT2D eigenvalue weighted by Crippen LogP contribution is 2.31. The van der Waals surface area contributed by atoms with E-state index in [0.29, 0.717) is 0 Å². The van der Waals surface area contributed by atoms with Gasteiger partial charge in [-0.15, -0.1) is 0 Å². The van der Waals surface area contributed by atoms with Crippen molar-refractivity contribution >= 4 is 5.91 Å². The minimum absolute atomic E-state index is 0.226. The van der Waals surface area contributed by atoms with E-state index >= 15 is 0 Å². The summed E-state index contributed by atoms with van der Waals surface area (Å²) in [6, 6.07) is 0. The van der Waals surface area contributed by atoms with Gasteiger partial charge in [-0.1, -0.05) is 26.2 Å². The van der Waals surface area contributed by atoms with Crippen LogP contribution in [-0.2, 0) is 4.79 Å². The lowest BCUT2D eigenvalue weighted by Crippen LogP contribution is -2.52. The molecule has 1 saturated carbocycles. The number of likely N-dealkylation sites (tertiary alicyclic amines) is 1. The van der Waals surface area contributed by atoms with E-state index in [1.165, 1.54) is 19.3 Å². The minimum atomic E-state index is -0.513. The van der Waals surface area contributed by atoms with Gasteiger partial charge < -0.3 is 10.6 Å². The van der Waals surface area contributed by atoms with E-state index < -0.39 is 5.54 Å². The molecule has 1 amide bonds. The summed E-state index contributed by atoms with van der Waals surface area (Å²) in [7, 11) is 0. The Morgan fingerprint density at radius 1 is 1.44 bits per heavy atom. The monoisotopic (exact) mass is 224 g/mol. The van der Waals surface area contributed by atoms with Gasteiger partial charge >= 0.3 is 0 Å². The molecule has 1 atom stereocenters. The second-order valence-electron chi connectivity index (χ2n) is 5.56. The Labute approximate surface area is 98.4 Å². The fourth-order valence-electron chi connectivity index (χ4n) is 3.20. The number of rotatable bonds is 3. The highest BCUT2D eigenvalue weighted by atomic mass is 16.2. The van der Waals surface area contributed by atoms with Gasteiger partial charge in [0.2, 0.25) is 5.91 Å². The summed E-state index contributed by atoms with van der Waals surface area (Å²) in [4.78, 5) is 14.3. The predicted octanol–water partition coefficient (Wildman–Crippen LogP) is 1.91. The van der Waals surface area contributed by atoms with E-state index in [0.717, 1.165) is 44.7 Å². The summed E-state index contributed by atoms with van der Waals surface area (Å²) in [6.45, 7) is 4.10. The summed E-state index contributed by atoms with van der Waals surface area (Å²) in [6.07, 6.45) is 7.67. The molecule has 0 aromatic carbocycles. The SMILES string of the molecule is CCCC1CCN(C(=O)C2(N)CCCC2)C1. The van der Waals surface area contributed by atoms with Gasteiger partial charge in [0.15, 0.2) is 0 Å². The molecule has 1 aliphatic heterocycles. The summed E-state index contributed by atoms with van der Waals surface area (Å²) in [5.41, 5.74) is 5.70. The fraction of sp³-hybridized carbons (Fsp3) is 0.923. The fourth-order valence-corrected chi connectivity index (χ4v) is 3.20. The molecule has 16 heavy (non-hydrogen) atoms. The molecule has 1 saturated heterocycles. The van der Waals surface area contributed by atoms with E-state index in [4.69, 9.17) is 5.73 Å². The first kappa shape index (κ1) is 11.9. The average molecular weight is 224 g/mol. The van der Waals surface area contributed by atoms with Crippen molar-refractivity contribution in [2.45, 2.75) is 57.4 Å². The average Bonchev–Trinajstić information content (AvgIpc) is 2.88. The van der Waals surface area contributed by atoms with Gasteiger partial charge in [-0.05, 0) is 31.6 Å². The lowest BCUT2D eigenvalue weighted by atomic mass is 9.97. The molecule has 2 rings (SSSR count). The highest BCUT2D eigenvalue weighted by Gasteiger charge is 2.41. The third-order valence-electron chi connectivity index (χ3n) is 4.19. The number of hydrogen-bond donors (Lipinski definition) is 1. The van der Waals surface area contributed by atoms with Gasteiger partial charge in [-0.25, -0.2) is 0 Å².